The topological polar surface area (TPSA) is 79.2 Å². The van der Waals surface area contributed by atoms with Crippen molar-refractivity contribution in [1.82, 2.24) is 5.06 Å². The highest BCUT2D eigenvalue weighted by Gasteiger charge is 2.41. The van der Waals surface area contributed by atoms with Crippen molar-refractivity contribution in [2.75, 3.05) is 0 Å². The van der Waals surface area contributed by atoms with E-state index < -0.39 is 18.4 Å². The largest absolute Gasteiger partial charge is 0.376 e. The smallest absolute Gasteiger partial charge is 0.328 e. The summed E-state index contributed by atoms with van der Waals surface area (Å²) < 4.78 is 5.61. The Kier molecular flexibility index (Phi) is 4.18. The standard InChI is InChI=1S/C16H21NO5/c1-9-7-11(8-10(2)21-9)16(20)22-17-14(18)12-5-3-4-6-13(12)15(17)19/h3-6,9-11,14-15,18-19H,7-8H2,1-2H3. The van der Waals surface area contributed by atoms with Crippen LogP contribution in [-0.4, -0.2) is 33.5 Å². The number of rotatable bonds is 2. The number of benzene rings is 1. The SMILES string of the molecule is CC1CC(C(=O)ON2C(O)c3ccccc3C2O)CC(C)O1. The molecule has 6 nitrogen and oxygen atoms in total. The van der Waals surface area contributed by atoms with E-state index in [-0.39, 0.29) is 18.1 Å². The molecular formula is C16H21NO5. The molecule has 4 unspecified atom stereocenters. The van der Waals surface area contributed by atoms with Gasteiger partial charge in [-0.15, -0.1) is 0 Å². The minimum atomic E-state index is -1.15. The van der Waals surface area contributed by atoms with E-state index in [1.54, 1.807) is 24.3 Å². The normalized spacial score (nSPS) is 35.2. The number of aliphatic hydroxyl groups excluding tert-OH is 2. The molecule has 2 aliphatic rings. The lowest BCUT2D eigenvalue weighted by atomic mass is 9.93. The van der Waals surface area contributed by atoms with Gasteiger partial charge in [-0.05, 0) is 26.7 Å². The first-order valence-corrected chi connectivity index (χ1v) is 7.58. The Morgan fingerprint density at radius 2 is 1.64 bits per heavy atom. The summed E-state index contributed by atoms with van der Waals surface area (Å²) in [7, 11) is 0. The summed E-state index contributed by atoms with van der Waals surface area (Å²) in [5, 5.41) is 21.4. The third-order valence-electron chi connectivity index (χ3n) is 4.26. The maximum atomic E-state index is 12.3. The molecule has 2 N–H and O–H groups in total. The van der Waals surface area contributed by atoms with Crippen molar-refractivity contribution in [2.45, 2.75) is 51.4 Å². The first kappa shape index (κ1) is 15.4. The summed E-state index contributed by atoms with van der Waals surface area (Å²) in [6.45, 7) is 3.84. The van der Waals surface area contributed by atoms with Gasteiger partial charge >= 0.3 is 5.97 Å². The van der Waals surface area contributed by atoms with Crippen LogP contribution in [-0.2, 0) is 14.4 Å². The molecular weight excluding hydrogens is 286 g/mol. The highest BCUT2D eigenvalue weighted by atomic mass is 16.7. The minimum absolute atomic E-state index is 0.00748. The lowest BCUT2D eigenvalue weighted by Crippen LogP contribution is -2.38. The lowest BCUT2D eigenvalue weighted by molar-refractivity contribution is -0.283. The van der Waals surface area contributed by atoms with Crippen molar-refractivity contribution in [3.8, 4) is 0 Å². The van der Waals surface area contributed by atoms with Crippen molar-refractivity contribution in [1.29, 1.82) is 0 Å². The van der Waals surface area contributed by atoms with Crippen LogP contribution in [0.25, 0.3) is 0 Å². The number of ether oxygens (including phenoxy) is 1. The molecule has 3 rings (SSSR count). The number of hydrogen-bond donors (Lipinski definition) is 2. The third kappa shape index (κ3) is 2.75. The molecule has 6 heteroatoms. The van der Waals surface area contributed by atoms with Crippen LogP contribution in [0.15, 0.2) is 24.3 Å². The first-order valence-electron chi connectivity index (χ1n) is 7.58. The van der Waals surface area contributed by atoms with Gasteiger partial charge in [-0.2, -0.15) is 0 Å². The summed E-state index contributed by atoms with van der Waals surface area (Å²) >= 11 is 0. The predicted molar refractivity (Wildman–Crippen MR) is 77.0 cm³/mol. The van der Waals surface area contributed by atoms with E-state index in [0.717, 1.165) is 5.06 Å². The molecule has 120 valence electrons. The fraction of sp³-hybridized carbons (Fsp3) is 0.562. The average molecular weight is 307 g/mol. The Labute approximate surface area is 129 Å². The second kappa shape index (κ2) is 5.96. The van der Waals surface area contributed by atoms with Crippen LogP contribution >= 0.6 is 0 Å². The zero-order chi connectivity index (χ0) is 15.9. The Morgan fingerprint density at radius 3 is 2.14 bits per heavy atom. The summed E-state index contributed by atoms with van der Waals surface area (Å²) in [5.74, 6) is -0.727. The van der Waals surface area contributed by atoms with Crippen LogP contribution in [0.4, 0.5) is 0 Å². The highest BCUT2D eigenvalue weighted by molar-refractivity contribution is 5.72. The molecule has 0 radical (unpaired) electrons. The molecule has 0 bridgehead atoms. The molecule has 1 aromatic carbocycles. The molecule has 1 aromatic rings. The molecule has 4 atom stereocenters. The lowest BCUT2D eigenvalue weighted by Gasteiger charge is -2.32. The van der Waals surface area contributed by atoms with E-state index in [1.165, 1.54) is 0 Å². The van der Waals surface area contributed by atoms with Crippen LogP contribution in [0.2, 0.25) is 0 Å². The van der Waals surface area contributed by atoms with Gasteiger partial charge in [0, 0.05) is 11.1 Å². The average Bonchev–Trinajstić information content (AvgIpc) is 2.72. The maximum absolute atomic E-state index is 12.3. The number of hydrogen-bond acceptors (Lipinski definition) is 6. The summed E-state index contributed by atoms with van der Waals surface area (Å²) in [6, 6.07) is 6.94. The monoisotopic (exact) mass is 307 g/mol. The Balaban J connectivity index is 1.70. The van der Waals surface area contributed by atoms with Crippen molar-refractivity contribution in [2.24, 2.45) is 5.92 Å². The van der Waals surface area contributed by atoms with Gasteiger partial charge in [0.25, 0.3) is 0 Å². The number of nitrogens with zero attached hydrogens (tertiary/aromatic N) is 1. The molecule has 2 heterocycles. The van der Waals surface area contributed by atoms with Gasteiger partial charge < -0.3 is 19.8 Å². The third-order valence-corrected chi connectivity index (χ3v) is 4.26. The van der Waals surface area contributed by atoms with Crippen LogP contribution in [0, 0.1) is 5.92 Å². The first-order chi connectivity index (χ1) is 10.5. The van der Waals surface area contributed by atoms with E-state index >= 15 is 0 Å². The molecule has 2 aliphatic heterocycles. The van der Waals surface area contributed by atoms with Gasteiger partial charge in [0.15, 0.2) is 12.5 Å². The molecule has 0 aromatic heterocycles. The van der Waals surface area contributed by atoms with Crippen molar-refractivity contribution >= 4 is 5.97 Å². The van der Waals surface area contributed by atoms with Gasteiger partial charge in [0.2, 0.25) is 0 Å². The van der Waals surface area contributed by atoms with E-state index in [1.807, 2.05) is 13.8 Å². The van der Waals surface area contributed by atoms with Crippen LogP contribution in [0.1, 0.15) is 50.3 Å². The summed E-state index contributed by atoms with van der Waals surface area (Å²) in [5.41, 5.74) is 1.10. The van der Waals surface area contributed by atoms with Gasteiger partial charge in [0.05, 0.1) is 18.1 Å². The fourth-order valence-corrected chi connectivity index (χ4v) is 3.27. The van der Waals surface area contributed by atoms with Gasteiger partial charge in [-0.3, -0.25) is 4.79 Å². The Bertz CT molecular complexity index is 524. The number of hydroxylamine groups is 2. The van der Waals surface area contributed by atoms with E-state index in [9.17, 15) is 15.0 Å². The number of aliphatic hydroxyl groups is 2. The number of fused-ring (bicyclic) bond motifs is 1. The molecule has 0 aliphatic carbocycles. The fourth-order valence-electron chi connectivity index (χ4n) is 3.27. The second-order valence-electron chi connectivity index (χ2n) is 6.07. The predicted octanol–water partition coefficient (Wildman–Crippen LogP) is 1.65. The van der Waals surface area contributed by atoms with Gasteiger partial charge in [-0.25, -0.2) is 0 Å². The second-order valence-corrected chi connectivity index (χ2v) is 6.07. The van der Waals surface area contributed by atoms with E-state index in [0.29, 0.717) is 24.0 Å². The molecule has 0 spiro atoms. The molecule has 0 amide bonds. The molecule has 1 fully saturated rings. The quantitative estimate of drug-likeness (QED) is 0.865. The van der Waals surface area contributed by atoms with Crippen LogP contribution in [0.3, 0.4) is 0 Å². The van der Waals surface area contributed by atoms with Gasteiger partial charge in [0.1, 0.15) is 0 Å². The van der Waals surface area contributed by atoms with Crippen LogP contribution in [0.5, 0.6) is 0 Å². The molecule has 1 saturated heterocycles. The van der Waals surface area contributed by atoms with Crippen molar-refractivity contribution in [3.63, 3.8) is 0 Å². The Morgan fingerprint density at radius 1 is 1.14 bits per heavy atom. The van der Waals surface area contributed by atoms with E-state index in [4.69, 9.17) is 9.57 Å². The van der Waals surface area contributed by atoms with Crippen molar-refractivity contribution < 1.29 is 24.6 Å². The zero-order valence-electron chi connectivity index (χ0n) is 12.7. The molecule has 0 saturated carbocycles. The summed E-state index contributed by atoms with van der Waals surface area (Å²) in [6.07, 6.45) is -1.15. The summed E-state index contributed by atoms with van der Waals surface area (Å²) in [4.78, 5) is 17.6. The van der Waals surface area contributed by atoms with E-state index in [2.05, 4.69) is 0 Å². The van der Waals surface area contributed by atoms with Gasteiger partial charge in [-0.1, -0.05) is 29.3 Å². The maximum Gasteiger partial charge on any atom is 0.328 e. The minimum Gasteiger partial charge on any atom is -0.376 e. The molecule has 22 heavy (non-hydrogen) atoms. The highest BCUT2D eigenvalue weighted by Crippen LogP contribution is 2.39. The Hall–Kier alpha value is -1.47. The number of carbonyl (C=O) groups is 1. The van der Waals surface area contributed by atoms with Crippen molar-refractivity contribution in [3.05, 3.63) is 35.4 Å². The van der Waals surface area contributed by atoms with Crippen LogP contribution < -0.4 is 0 Å². The zero-order valence-corrected chi connectivity index (χ0v) is 12.7. The number of carbonyl (C=O) groups excluding carboxylic acids is 1.